The zero-order valence-corrected chi connectivity index (χ0v) is 16.6. The fourth-order valence-corrected chi connectivity index (χ4v) is 3.78. The van der Waals surface area contributed by atoms with Gasteiger partial charge in [0.05, 0.1) is 5.92 Å². The number of hydrogen-bond donors (Lipinski definition) is 2. The summed E-state index contributed by atoms with van der Waals surface area (Å²) in [6.07, 6.45) is 1.71. The number of carbonyl (C=O) groups is 3. The Morgan fingerprint density at radius 3 is 2.39 bits per heavy atom. The van der Waals surface area contributed by atoms with Gasteiger partial charge in [0.2, 0.25) is 11.8 Å². The van der Waals surface area contributed by atoms with E-state index in [2.05, 4.69) is 27.4 Å². The topological polar surface area (TPSA) is 81.8 Å². The summed E-state index contributed by atoms with van der Waals surface area (Å²) in [5.41, 5.74) is 1.57. The molecule has 7 heteroatoms. The summed E-state index contributed by atoms with van der Waals surface area (Å²) in [6.45, 7) is 9.47. The van der Waals surface area contributed by atoms with Gasteiger partial charge in [-0.2, -0.15) is 0 Å². The van der Waals surface area contributed by atoms with Gasteiger partial charge in [-0.25, -0.2) is 0 Å². The molecule has 2 aliphatic rings. The molecule has 2 fully saturated rings. The minimum Gasteiger partial charge on any atom is -0.352 e. The van der Waals surface area contributed by atoms with Gasteiger partial charge in [0, 0.05) is 44.7 Å². The molecule has 28 heavy (non-hydrogen) atoms. The third kappa shape index (κ3) is 5.62. The van der Waals surface area contributed by atoms with E-state index in [0.717, 1.165) is 51.3 Å². The molecule has 1 atom stereocenters. The summed E-state index contributed by atoms with van der Waals surface area (Å²) < 4.78 is 0. The van der Waals surface area contributed by atoms with Crippen LogP contribution in [0.5, 0.6) is 0 Å². The number of benzene rings is 1. The van der Waals surface area contributed by atoms with E-state index in [1.807, 2.05) is 12.1 Å². The molecule has 152 valence electrons. The van der Waals surface area contributed by atoms with Crippen LogP contribution in [0.25, 0.3) is 0 Å². The number of nitrogens with zero attached hydrogens (tertiary/aromatic N) is 2. The highest BCUT2D eigenvalue weighted by Crippen LogP contribution is 2.17. The molecule has 2 heterocycles. The molecule has 0 radical (unpaired) electrons. The lowest BCUT2D eigenvalue weighted by Crippen LogP contribution is -2.46. The maximum absolute atomic E-state index is 12.3. The van der Waals surface area contributed by atoms with E-state index in [1.54, 1.807) is 12.1 Å². The van der Waals surface area contributed by atoms with E-state index in [9.17, 15) is 14.4 Å². The Balaban J connectivity index is 1.36. The number of rotatable bonds is 8. The second kappa shape index (κ2) is 9.80. The molecule has 0 bridgehead atoms. The molecule has 0 saturated carbocycles. The Morgan fingerprint density at radius 1 is 1.11 bits per heavy atom. The Morgan fingerprint density at radius 2 is 1.79 bits per heavy atom. The third-order valence-electron chi connectivity index (χ3n) is 5.61. The fraction of sp³-hybridized carbons (Fsp3) is 0.571. The second-order valence-electron chi connectivity index (χ2n) is 7.60. The first-order chi connectivity index (χ1) is 13.5. The van der Waals surface area contributed by atoms with Gasteiger partial charge in [-0.1, -0.05) is 19.1 Å². The van der Waals surface area contributed by atoms with Crippen LogP contribution in [-0.4, -0.2) is 73.3 Å². The highest BCUT2D eigenvalue weighted by molar-refractivity contribution is 6.03. The summed E-state index contributed by atoms with van der Waals surface area (Å²) in [5.74, 6) is -0.788. The highest BCUT2D eigenvalue weighted by atomic mass is 16.2. The van der Waals surface area contributed by atoms with E-state index >= 15 is 0 Å². The third-order valence-corrected chi connectivity index (χ3v) is 5.61. The highest BCUT2D eigenvalue weighted by Gasteiger charge is 2.30. The molecule has 1 unspecified atom stereocenters. The number of carbonyl (C=O) groups excluding carboxylic acids is 3. The predicted molar refractivity (Wildman–Crippen MR) is 107 cm³/mol. The maximum Gasteiger partial charge on any atom is 0.251 e. The van der Waals surface area contributed by atoms with Crippen LogP contribution in [0, 0.1) is 5.92 Å². The van der Waals surface area contributed by atoms with Crippen molar-refractivity contribution in [3.05, 3.63) is 35.4 Å². The fourth-order valence-electron chi connectivity index (χ4n) is 3.78. The largest absolute Gasteiger partial charge is 0.352 e. The molecule has 0 spiro atoms. The Bertz CT molecular complexity index is 696. The van der Waals surface area contributed by atoms with E-state index in [-0.39, 0.29) is 30.1 Å². The van der Waals surface area contributed by atoms with Crippen LogP contribution in [0.2, 0.25) is 0 Å². The average molecular weight is 386 g/mol. The molecule has 7 nitrogen and oxygen atoms in total. The van der Waals surface area contributed by atoms with Gasteiger partial charge in [-0.05, 0) is 43.6 Å². The standard InChI is InChI=1S/C21H30N4O3/c1-2-24-10-12-25(13-11-24)9-3-8-22-20(27)17-6-4-16(5-7-17)14-18-15-19(26)23-21(18)28/h4-7,18H,2-3,8-15H2,1H3,(H,22,27)(H,23,26,28). The molecule has 1 aromatic rings. The zero-order valence-electron chi connectivity index (χ0n) is 16.6. The number of likely N-dealkylation sites (N-methyl/N-ethyl adjacent to an activating group) is 1. The van der Waals surface area contributed by atoms with Crippen molar-refractivity contribution in [2.45, 2.75) is 26.2 Å². The van der Waals surface area contributed by atoms with Crippen LogP contribution >= 0.6 is 0 Å². The minimum absolute atomic E-state index is 0.0730. The number of nitrogens with one attached hydrogen (secondary N) is 2. The van der Waals surface area contributed by atoms with Gasteiger partial charge in [0.1, 0.15) is 0 Å². The lowest BCUT2D eigenvalue weighted by Gasteiger charge is -2.33. The smallest absolute Gasteiger partial charge is 0.251 e. The van der Waals surface area contributed by atoms with Crippen LogP contribution < -0.4 is 10.6 Å². The van der Waals surface area contributed by atoms with Crippen LogP contribution in [0.15, 0.2) is 24.3 Å². The Hall–Kier alpha value is -2.25. The predicted octanol–water partition coefficient (Wildman–Crippen LogP) is 0.649. The van der Waals surface area contributed by atoms with Crippen molar-refractivity contribution < 1.29 is 14.4 Å². The molecule has 0 aliphatic carbocycles. The van der Waals surface area contributed by atoms with E-state index in [0.29, 0.717) is 18.5 Å². The van der Waals surface area contributed by atoms with Gasteiger partial charge >= 0.3 is 0 Å². The number of hydrogen-bond acceptors (Lipinski definition) is 5. The van der Waals surface area contributed by atoms with Gasteiger partial charge in [0.15, 0.2) is 0 Å². The molecule has 1 aromatic carbocycles. The molecule has 3 rings (SSSR count). The van der Waals surface area contributed by atoms with Crippen molar-refractivity contribution in [2.75, 3.05) is 45.8 Å². The minimum atomic E-state index is -0.300. The first-order valence-corrected chi connectivity index (χ1v) is 10.2. The van der Waals surface area contributed by atoms with Gasteiger partial charge < -0.3 is 15.1 Å². The molecular formula is C21H30N4O3. The van der Waals surface area contributed by atoms with Crippen molar-refractivity contribution in [1.82, 2.24) is 20.4 Å². The van der Waals surface area contributed by atoms with E-state index in [1.165, 1.54) is 0 Å². The number of amides is 3. The van der Waals surface area contributed by atoms with Crippen LogP contribution in [0.4, 0.5) is 0 Å². The normalized spacial score (nSPS) is 21.0. The van der Waals surface area contributed by atoms with Crippen molar-refractivity contribution in [1.29, 1.82) is 0 Å². The van der Waals surface area contributed by atoms with Crippen LogP contribution in [0.3, 0.4) is 0 Å². The lowest BCUT2D eigenvalue weighted by atomic mass is 9.97. The number of imide groups is 1. The van der Waals surface area contributed by atoms with Gasteiger partial charge in [0.25, 0.3) is 5.91 Å². The maximum atomic E-state index is 12.3. The van der Waals surface area contributed by atoms with Crippen molar-refractivity contribution in [3.8, 4) is 0 Å². The summed E-state index contributed by atoms with van der Waals surface area (Å²) in [5, 5.41) is 5.31. The van der Waals surface area contributed by atoms with Crippen molar-refractivity contribution in [2.24, 2.45) is 5.92 Å². The summed E-state index contributed by atoms with van der Waals surface area (Å²) in [4.78, 5) is 40.1. The molecule has 2 aliphatic heterocycles. The van der Waals surface area contributed by atoms with Crippen LogP contribution in [-0.2, 0) is 16.0 Å². The first kappa shape index (κ1) is 20.5. The Labute approximate surface area is 166 Å². The zero-order chi connectivity index (χ0) is 19.9. The quantitative estimate of drug-likeness (QED) is 0.506. The first-order valence-electron chi connectivity index (χ1n) is 10.2. The van der Waals surface area contributed by atoms with Gasteiger partial charge in [-0.15, -0.1) is 0 Å². The van der Waals surface area contributed by atoms with Gasteiger partial charge in [-0.3, -0.25) is 19.7 Å². The number of piperazine rings is 1. The van der Waals surface area contributed by atoms with Crippen molar-refractivity contribution in [3.63, 3.8) is 0 Å². The molecular weight excluding hydrogens is 356 g/mol. The summed E-state index contributed by atoms with van der Waals surface area (Å²) in [7, 11) is 0. The lowest BCUT2D eigenvalue weighted by molar-refractivity contribution is -0.125. The second-order valence-corrected chi connectivity index (χ2v) is 7.60. The molecule has 2 N–H and O–H groups in total. The average Bonchev–Trinajstić information content (AvgIpc) is 3.03. The van der Waals surface area contributed by atoms with Crippen LogP contribution in [0.1, 0.15) is 35.7 Å². The van der Waals surface area contributed by atoms with Crippen molar-refractivity contribution >= 4 is 17.7 Å². The van der Waals surface area contributed by atoms with E-state index < -0.39 is 0 Å². The summed E-state index contributed by atoms with van der Waals surface area (Å²) in [6, 6.07) is 7.28. The van der Waals surface area contributed by atoms with E-state index in [4.69, 9.17) is 0 Å². The monoisotopic (exact) mass is 386 g/mol. The molecule has 3 amide bonds. The molecule has 2 saturated heterocycles. The Kier molecular flexibility index (Phi) is 7.17. The molecule has 0 aromatic heterocycles. The summed E-state index contributed by atoms with van der Waals surface area (Å²) >= 11 is 0. The SMILES string of the molecule is CCN1CCN(CCCNC(=O)c2ccc(CC3CC(=O)NC3=O)cc2)CC1.